The predicted octanol–water partition coefficient (Wildman–Crippen LogP) is 1.13. The van der Waals surface area contributed by atoms with Crippen LogP contribution in [0.3, 0.4) is 0 Å². The van der Waals surface area contributed by atoms with E-state index in [2.05, 4.69) is 10.6 Å². The second kappa shape index (κ2) is 7.68. The summed E-state index contributed by atoms with van der Waals surface area (Å²) in [5.74, 6) is 1.11. The van der Waals surface area contributed by atoms with Crippen molar-refractivity contribution in [1.82, 2.24) is 15.5 Å². The maximum absolute atomic E-state index is 12.0. The van der Waals surface area contributed by atoms with Gasteiger partial charge in [0.25, 0.3) is 0 Å². The van der Waals surface area contributed by atoms with E-state index >= 15 is 0 Å². The molecule has 0 aromatic heterocycles. The standard InChI is InChI=1S/C16H27N3O2S/c20-15(18-14-8-12-4-5-13(9-14)17-12)10-22-11-16(21)19-6-2-1-3-7-19/h12-14,17H,1-11H2,(H,18,20). The molecule has 0 radical (unpaired) electrons. The van der Waals surface area contributed by atoms with Crippen molar-refractivity contribution in [3.63, 3.8) is 0 Å². The molecule has 2 bridgehead atoms. The highest BCUT2D eigenvalue weighted by Crippen LogP contribution is 2.26. The van der Waals surface area contributed by atoms with Crippen molar-refractivity contribution in [3.05, 3.63) is 0 Å². The minimum absolute atomic E-state index is 0.0859. The first-order chi connectivity index (χ1) is 10.7. The summed E-state index contributed by atoms with van der Waals surface area (Å²) in [6, 6.07) is 1.51. The molecular weight excluding hydrogens is 298 g/mol. The molecular formula is C16H27N3O2S. The molecule has 22 heavy (non-hydrogen) atoms. The number of likely N-dealkylation sites (tertiary alicyclic amines) is 1. The fourth-order valence-corrected chi connectivity index (χ4v) is 4.64. The molecule has 2 amide bonds. The van der Waals surface area contributed by atoms with Crippen LogP contribution in [0.2, 0.25) is 0 Å². The van der Waals surface area contributed by atoms with Crippen molar-refractivity contribution >= 4 is 23.6 Å². The number of hydrogen-bond acceptors (Lipinski definition) is 4. The zero-order valence-electron chi connectivity index (χ0n) is 13.2. The lowest BCUT2D eigenvalue weighted by molar-refractivity contribution is -0.129. The van der Waals surface area contributed by atoms with E-state index < -0.39 is 0 Å². The number of nitrogens with zero attached hydrogens (tertiary/aromatic N) is 1. The molecule has 0 aromatic carbocycles. The van der Waals surface area contributed by atoms with Crippen LogP contribution in [0.4, 0.5) is 0 Å². The fraction of sp³-hybridized carbons (Fsp3) is 0.875. The van der Waals surface area contributed by atoms with Gasteiger partial charge in [0, 0.05) is 31.2 Å². The molecule has 3 saturated heterocycles. The quantitative estimate of drug-likeness (QED) is 0.795. The molecule has 2 atom stereocenters. The Labute approximate surface area is 137 Å². The Hall–Kier alpha value is -0.750. The van der Waals surface area contributed by atoms with Gasteiger partial charge in [0.15, 0.2) is 0 Å². The smallest absolute Gasteiger partial charge is 0.232 e. The molecule has 3 rings (SSSR count). The Morgan fingerprint density at radius 1 is 1.05 bits per heavy atom. The topological polar surface area (TPSA) is 61.4 Å². The molecule has 3 fully saturated rings. The minimum Gasteiger partial charge on any atom is -0.353 e. The van der Waals surface area contributed by atoms with Gasteiger partial charge in [-0.3, -0.25) is 9.59 Å². The zero-order valence-corrected chi connectivity index (χ0v) is 14.0. The van der Waals surface area contributed by atoms with E-state index in [-0.39, 0.29) is 11.8 Å². The molecule has 2 N–H and O–H groups in total. The van der Waals surface area contributed by atoms with E-state index in [1.54, 1.807) is 0 Å². The summed E-state index contributed by atoms with van der Waals surface area (Å²) >= 11 is 1.45. The molecule has 0 saturated carbocycles. The Bertz CT molecular complexity index is 400. The summed E-state index contributed by atoms with van der Waals surface area (Å²) in [6.07, 6.45) is 8.08. The SMILES string of the molecule is O=C(CSCC(=O)N1CCCCC1)NC1CC2CCC(C1)N2. The van der Waals surface area contributed by atoms with E-state index in [4.69, 9.17) is 0 Å². The average Bonchev–Trinajstić information content (AvgIpc) is 2.87. The monoisotopic (exact) mass is 325 g/mol. The molecule has 6 heteroatoms. The molecule has 0 aromatic rings. The van der Waals surface area contributed by atoms with Crippen LogP contribution in [0.1, 0.15) is 44.9 Å². The molecule has 3 aliphatic rings. The molecule has 5 nitrogen and oxygen atoms in total. The molecule has 0 aliphatic carbocycles. The number of amides is 2. The second-order valence-corrected chi connectivity index (χ2v) is 7.79. The molecule has 2 unspecified atom stereocenters. The number of fused-ring (bicyclic) bond motifs is 2. The summed E-state index contributed by atoms with van der Waals surface area (Å²) in [5, 5.41) is 6.73. The van der Waals surface area contributed by atoms with Gasteiger partial charge in [-0.05, 0) is 44.9 Å². The number of carbonyl (C=O) groups excluding carboxylic acids is 2. The summed E-state index contributed by atoms with van der Waals surface area (Å²) in [7, 11) is 0. The highest BCUT2D eigenvalue weighted by Gasteiger charge is 2.33. The van der Waals surface area contributed by atoms with Crippen molar-refractivity contribution in [1.29, 1.82) is 0 Å². The Kier molecular flexibility index (Phi) is 5.63. The molecule has 3 aliphatic heterocycles. The number of nitrogens with one attached hydrogen (secondary N) is 2. The predicted molar refractivity (Wildman–Crippen MR) is 88.9 cm³/mol. The summed E-state index contributed by atoms with van der Waals surface area (Å²) in [4.78, 5) is 26.0. The highest BCUT2D eigenvalue weighted by molar-refractivity contribution is 8.00. The van der Waals surface area contributed by atoms with Gasteiger partial charge in [-0.1, -0.05) is 0 Å². The van der Waals surface area contributed by atoms with Gasteiger partial charge in [0.1, 0.15) is 0 Å². The summed E-state index contributed by atoms with van der Waals surface area (Å²) in [5.41, 5.74) is 0. The van der Waals surface area contributed by atoms with Crippen LogP contribution in [0, 0.1) is 0 Å². The third-order valence-electron chi connectivity index (χ3n) is 5.01. The fourth-order valence-electron chi connectivity index (χ4n) is 3.91. The van der Waals surface area contributed by atoms with Crippen molar-refractivity contribution in [2.75, 3.05) is 24.6 Å². The van der Waals surface area contributed by atoms with Crippen LogP contribution < -0.4 is 10.6 Å². The normalized spacial score (nSPS) is 31.1. The zero-order chi connectivity index (χ0) is 15.4. The van der Waals surface area contributed by atoms with E-state index in [9.17, 15) is 9.59 Å². The Balaban J connectivity index is 1.31. The average molecular weight is 325 g/mol. The van der Waals surface area contributed by atoms with Crippen LogP contribution in [0.25, 0.3) is 0 Å². The van der Waals surface area contributed by atoms with E-state index in [0.29, 0.717) is 29.6 Å². The van der Waals surface area contributed by atoms with Gasteiger partial charge < -0.3 is 15.5 Å². The number of piperidine rings is 2. The van der Waals surface area contributed by atoms with E-state index in [1.165, 1.54) is 31.0 Å². The molecule has 3 heterocycles. The first kappa shape index (κ1) is 16.1. The summed E-state index contributed by atoms with van der Waals surface area (Å²) < 4.78 is 0. The van der Waals surface area contributed by atoms with Crippen LogP contribution in [0.15, 0.2) is 0 Å². The first-order valence-corrected chi connectivity index (χ1v) is 9.77. The van der Waals surface area contributed by atoms with Crippen molar-refractivity contribution in [2.45, 2.75) is 63.1 Å². The lowest BCUT2D eigenvalue weighted by Gasteiger charge is -2.29. The first-order valence-electron chi connectivity index (χ1n) is 8.61. The third kappa shape index (κ3) is 4.38. The largest absolute Gasteiger partial charge is 0.353 e. The summed E-state index contributed by atoms with van der Waals surface area (Å²) in [6.45, 7) is 1.78. The van der Waals surface area contributed by atoms with Gasteiger partial charge in [-0.15, -0.1) is 11.8 Å². The van der Waals surface area contributed by atoms with Crippen LogP contribution >= 0.6 is 11.8 Å². The van der Waals surface area contributed by atoms with Gasteiger partial charge in [-0.25, -0.2) is 0 Å². The lowest BCUT2D eigenvalue weighted by Crippen LogP contribution is -2.48. The number of thioether (sulfide) groups is 1. The van der Waals surface area contributed by atoms with Crippen molar-refractivity contribution < 1.29 is 9.59 Å². The van der Waals surface area contributed by atoms with Crippen LogP contribution in [-0.4, -0.2) is 59.4 Å². The highest BCUT2D eigenvalue weighted by atomic mass is 32.2. The van der Waals surface area contributed by atoms with Crippen LogP contribution in [0.5, 0.6) is 0 Å². The maximum atomic E-state index is 12.0. The van der Waals surface area contributed by atoms with Crippen molar-refractivity contribution in [2.24, 2.45) is 0 Å². The van der Waals surface area contributed by atoms with E-state index in [0.717, 1.165) is 38.8 Å². The lowest BCUT2D eigenvalue weighted by atomic mass is 10.00. The number of hydrogen-bond donors (Lipinski definition) is 2. The third-order valence-corrected chi connectivity index (χ3v) is 5.92. The maximum Gasteiger partial charge on any atom is 0.232 e. The Morgan fingerprint density at radius 3 is 2.41 bits per heavy atom. The second-order valence-electron chi connectivity index (χ2n) is 6.81. The van der Waals surface area contributed by atoms with Crippen molar-refractivity contribution in [3.8, 4) is 0 Å². The number of carbonyl (C=O) groups is 2. The van der Waals surface area contributed by atoms with E-state index in [1.807, 2.05) is 4.90 Å². The Morgan fingerprint density at radius 2 is 1.73 bits per heavy atom. The van der Waals surface area contributed by atoms with Gasteiger partial charge in [-0.2, -0.15) is 0 Å². The molecule has 124 valence electrons. The van der Waals surface area contributed by atoms with Gasteiger partial charge >= 0.3 is 0 Å². The van der Waals surface area contributed by atoms with Gasteiger partial charge in [0.05, 0.1) is 11.5 Å². The number of rotatable bonds is 5. The minimum atomic E-state index is 0.0859. The van der Waals surface area contributed by atoms with Crippen LogP contribution in [-0.2, 0) is 9.59 Å². The molecule has 0 spiro atoms. The van der Waals surface area contributed by atoms with Gasteiger partial charge in [0.2, 0.25) is 11.8 Å².